The highest BCUT2D eigenvalue weighted by Gasteiger charge is 2.21. The fraction of sp³-hybridized carbons (Fsp3) is 0.550. The molecular formula is C20H31N3O7S. The van der Waals surface area contributed by atoms with E-state index < -0.39 is 33.7 Å². The third kappa shape index (κ3) is 12.1. The Hall–Kier alpha value is -2.50. The molecule has 1 aromatic rings. The number of amides is 1. The van der Waals surface area contributed by atoms with E-state index in [0.29, 0.717) is 6.54 Å². The molecule has 174 valence electrons. The largest absolute Gasteiger partial charge is 0.459 e. The van der Waals surface area contributed by atoms with Crippen LogP contribution in [0.15, 0.2) is 35.2 Å². The van der Waals surface area contributed by atoms with Gasteiger partial charge in [-0.3, -0.25) is 14.4 Å². The van der Waals surface area contributed by atoms with Gasteiger partial charge in [-0.05, 0) is 39.3 Å². The summed E-state index contributed by atoms with van der Waals surface area (Å²) in [5, 5.41) is 5.46. The van der Waals surface area contributed by atoms with E-state index in [4.69, 9.17) is 10.5 Å². The Bertz CT molecular complexity index is 836. The summed E-state index contributed by atoms with van der Waals surface area (Å²) in [6, 6.07) is 6.64. The summed E-state index contributed by atoms with van der Waals surface area (Å²) in [6.07, 6.45) is 0.104. The van der Waals surface area contributed by atoms with Gasteiger partial charge in [0.25, 0.3) is 0 Å². The molecule has 0 bridgehead atoms. The molecule has 1 atom stereocenters. The van der Waals surface area contributed by atoms with Crippen LogP contribution in [-0.4, -0.2) is 57.5 Å². The van der Waals surface area contributed by atoms with E-state index in [-0.39, 0.29) is 43.2 Å². The van der Waals surface area contributed by atoms with Gasteiger partial charge in [0.1, 0.15) is 10.5 Å². The second kappa shape index (κ2) is 12.4. The van der Waals surface area contributed by atoms with Crippen molar-refractivity contribution in [2.24, 2.45) is 5.73 Å². The molecule has 4 N–H and O–H groups in total. The standard InChI is InChI=1S/C20H31N3O7S/c1-20(2,3)29-19(26)14-22-11-10-17(24)23-12-9-15(21)13-18(25)30-31(27,28)16-7-5-4-6-8-16/h4-8,15,22H,9-14,21H2,1-3H3,(H,23,24). The lowest BCUT2D eigenvalue weighted by atomic mass is 10.1. The lowest BCUT2D eigenvalue weighted by molar-refractivity contribution is -0.153. The first-order valence-corrected chi connectivity index (χ1v) is 11.3. The van der Waals surface area contributed by atoms with E-state index in [2.05, 4.69) is 14.8 Å². The monoisotopic (exact) mass is 457 g/mol. The Morgan fingerprint density at radius 1 is 1.06 bits per heavy atom. The van der Waals surface area contributed by atoms with Gasteiger partial charge < -0.3 is 25.3 Å². The minimum atomic E-state index is -4.18. The molecule has 0 fully saturated rings. The molecule has 0 spiro atoms. The van der Waals surface area contributed by atoms with E-state index in [9.17, 15) is 22.8 Å². The molecule has 0 saturated heterocycles. The number of benzene rings is 1. The van der Waals surface area contributed by atoms with Gasteiger partial charge in [-0.15, -0.1) is 0 Å². The topological polar surface area (TPSA) is 154 Å². The van der Waals surface area contributed by atoms with Crippen molar-refractivity contribution in [1.29, 1.82) is 0 Å². The van der Waals surface area contributed by atoms with Gasteiger partial charge in [0, 0.05) is 25.6 Å². The maximum atomic E-state index is 12.0. The van der Waals surface area contributed by atoms with E-state index in [1.54, 1.807) is 26.8 Å². The first-order valence-electron chi connectivity index (χ1n) is 9.86. The van der Waals surface area contributed by atoms with Crippen LogP contribution < -0.4 is 16.4 Å². The lowest BCUT2D eigenvalue weighted by Crippen LogP contribution is -2.35. The Morgan fingerprint density at radius 2 is 1.71 bits per heavy atom. The van der Waals surface area contributed by atoms with Gasteiger partial charge in [0.05, 0.1) is 13.0 Å². The zero-order chi connectivity index (χ0) is 23.5. The molecule has 1 amide bonds. The number of carbonyl (C=O) groups is 3. The maximum absolute atomic E-state index is 12.0. The molecular weight excluding hydrogens is 426 g/mol. The molecule has 0 heterocycles. The Balaban J connectivity index is 2.20. The molecule has 11 heteroatoms. The highest BCUT2D eigenvalue weighted by Crippen LogP contribution is 2.12. The zero-order valence-corrected chi connectivity index (χ0v) is 18.9. The summed E-state index contributed by atoms with van der Waals surface area (Å²) in [4.78, 5) is 35.0. The second-order valence-corrected chi connectivity index (χ2v) is 9.38. The number of hydrogen-bond donors (Lipinski definition) is 3. The van der Waals surface area contributed by atoms with Crippen molar-refractivity contribution in [2.75, 3.05) is 19.6 Å². The third-order valence-corrected chi connectivity index (χ3v) is 4.97. The van der Waals surface area contributed by atoms with Gasteiger partial charge in [0.2, 0.25) is 5.91 Å². The van der Waals surface area contributed by atoms with Crippen LogP contribution in [0.1, 0.15) is 40.0 Å². The van der Waals surface area contributed by atoms with E-state index in [0.717, 1.165) is 0 Å². The third-order valence-electron chi connectivity index (χ3n) is 3.72. The van der Waals surface area contributed by atoms with Gasteiger partial charge in [-0.25, -0.2) is 0 Å². The van der Waals surface area contributed by atoms with Crippen LogP contribution in [0.2, 0.25) is 0 Å². The lowest BCUT2D eigenvalue weighted by Gasteiger charge is -2.19. The fourth-order valence-corrected chi connectivity index (χ4v) is 3.26. The maximum Gasteiger partial charge on any atom is 0.341 e. The predicted molar refractivity (Wildman–Crippen MR) is 113 cm³/mol. The highest BCUT2D eigenvalue weighted by atomic mass is 32.2. The van der Waals surface area contributed by atoms with Crippen LogP contribution in [0.5, 0.6) is 0 Å². The number of ether oxygens (including phenoxy) is 1. The molecule has 1 rings (SSSR count). The summed E-state index contributed by atoms with van der Waals surface area (Å²) in [5.74, 6) is -1.62. The summed E-state index contributed by atoms with van der Waals surface area (Å²) >= 11 is 0. The number of hydrogen-bond acceptors (Lipinski definition) is 9. The fourth-order valence-electron chi connectivity index (χ4n) is 2.36. The first-order chi connectivity index (χ1) is 14.4. The molecule has 1 aromatic carbocycles. The first kappa shape index (κ1) is 26.5. The van der Waals surface area contributed by atoms with Crippen molar-refractivity contribution in [2.45, 2.75) is 56.6 Å². The predicted octanol–water partition coefficient (Wildman–Crippen LogP) is 0.464. The SMILES string of the molecule is CC(C)(C)OC(=O)CNCCC(=O)NCCC(N)CC(=O)OS(=O)(=O)c1ccccc1. The summed E-state index contributed by atoms with van der Waals surface area (Å²) in [7, 11) is -4.18. The molecule has 1 unspecified atom stereocenters. The summed E-state index contributed by atoms with van der Waals surface area (Å²) in [6.45, 7) is 5.82. The van der Waals surface area contributed by atoms with Crippen LogP contribution in [0.3, 0.4) is 0 Å². The van der Waals surface area contributed by atoms with E-state index in [1.807, 2.05) is 0 Å². The van der Waals surface area contributed by atoms with Gasteiger partial charge in [0.15, 0.2) is 0 Å². The molecule has 0 aliphatic heterocycles. The Labute approximate surface area is 183 Å². The van der Waals surface area contributed by atoms with Crippen LogP contribution >= 0.6 is 0 Å². The highest BCUT2D eigenvalue weighted by molar-refractivity contribution is 7.87. The molecule has 0 aliphatic rings. The zero-order valence-electron chi connectivity index (χ0n) is 18.1. The average molecular weight is 458 g/mol. The number of nitrogens with two attached hydrogens (primary N) is 1. The van der Waals surface area contributed by atoms with Gasteiger partial charge in [-0.2, -0.15) is 8.42 Å². The molecule has 0 radical (unpaired) electrons. The minimum Gasteiger partial charge on any atom is -0.459 e. The molecule has 10 nitrogen and oxygen atoms in total. The second-order valence-electron chi connectivity index (χ2n) is 7.84. The number of esters is 1. The molecule has 31 heavy (non-hydrogen) atoms. The van der Waals surface area contributed by atoms with Gasteiger partial charge in [-0.1, -0.05) is 18.2 Å². The Kier molecular flexibility index (Phi) is 10.6. The quantitative estimate of drug-likeness (QED) is 0.231. The van der Waals surface area contributed by atoms with Crippen LogP contribution in [0.25, 0.3) is 0 Å². The van der Waals surface area contributed by atoms with Crippen molar-refractivity contribution < 1.29 is 31.7 Å². The van der Waals surface area contributed by atoms with Crippen molar-refractivity contribution in [1.82, 2.24) is 10.6 Å². The van der Waals surface area contributed by atoms with Crippen molar-refractivity contribution in [3.05, 3.63) is 30.3 Å². The smallest absolute Gasteiger partial charge is 0.341 e. The summed E-state index contributed by atoms with van der Waals surface area (Å²) in [5.41, 5.74) is 5.25. The van der Waals surface area contributed by atoms with Crippen molar-refractivity contribution in [3.63, 3.8) is 0 Å². The molecule has 0 saturated carbocycles. The Morgan fingerprint density at radius 3 is 2.32 bits per heavy atom. The van der Waals surface area contributed by atoms with Crippen LogP contribution in [0.4, 0.5) is 0 Å². The number of carbonyl (C=O) groups excluding carboxylic acids is 3. The van der Waals surface area contributed by atoms with Crippen molar-refractivity contribution >= 4 is 28.0 Å². The normalized spacial score (nSPS) is 12.6. The molecule has 0 aromatic heterocycles. The molecule has 0 aliphatic carbocycles. The summed E-state index contributed by atoms with van der Waals surface area (Å²) < 4.78 is 33.7. The van der Waals surface area contributed by atoms with Crippen molar-refractivity contribution in [3.8, 4) is 0 Å². The number of rotatable bonds is 12. The van der Waals surface area contributed by atoms with E-state index >= 15 is 0 Å². The van der Waals surface area contributed by atoms with Crippen LogP contribution in [-0.2, 0) is 33.4 Å². The van der Waals surface area contributed by atoms with E-state index in [1.165, 1.54) is 24.3 Å². The minimum absolute atomic E-state index is 0.00340. The number of nitrogens with one attached hydrogen (secondary N) is 2. The average Bonchev–Trinajstić information content (AvgIpc) is 2.64. The van der Waals surface area contributed by atoms with Gasteiger partial charge >= 0.3 is 22.1 Å². The van der Waals surface area contributed by atoms with Crippen LogP contribution in [0, 0.1) is 0 Å².